The third-order valence-electron chi connectivity index (χ3n) is 2.62. The van der Waals surface area contributed by atoms with Gasteiger partial charge in [-0.25, -0.2) is 0 Å². The van der Waals surface area contributed by atoms with Gasteiger partial charge in [-0.2, -0.15) is 0 Å². The molecule has 6 heteroatoms. The molecule has 1 aromatic carbocycles. The number of carbonyl (C=O) groups is 1. The summed E-state index contributed by atoms with van der Waals surface area (Å²) in [6.45, 7) is 2.65. The molecule has 0 aliphatic heterocycles. The fourth-order valence-electron chi connectivity index (χ4n) is 1.70. The average Bonchev–Trinajstić information content (AvgIpc) is 2.74. The predicted octanol–water partition coefficient (Wildman–Crippen LogP) is 4.67. The second-order valence-electron chi connectivity index (χ2n) is 3.91. The van der Waals surface area contributed by atoms with E-state index in [0.717, 1.165) is 9.26 Å². The van der Waals surface area contributed by atoms with Gasteiger partial charge in [0.25, 0.3) is 5.91 Å². The zero-order valence-corrected chi connectivity index (χ0v) is 13.8. The Bertz CT molecular complexity index is 625. The summed E-state index contributed by atoms with van der Waals surface area (Å²) in [5.74, 6) is -0.186. The summed E-state index contributed by atoms with van der Waals surface area (Å²) in [4.78, 5) is 12.2. The van der Waals surface area contributed by atoms with Gasteiger partial charge in [0, 0.05) is 21.3 Å². The molecule has 1 heterocycles. The molecule has 1 N–H and O–H groups in total. The number of amides is 1. The van der Waals surface area contributed by atoms with Crippen molar-refractivity contribution in [3.05, 3.63) is 49.8 Å². The quantitative estimate of drug-likeness (QED) is 0.735. The van der Waals surface area contributed by atoms with Crippen molar-refractivity contribution < 1.29 is 4.79 Å². The Morgan fingerprint density at radius 3 is 2.68 bits per heavy atom. The summed E-state index contributed by atoms with van der Waals surface area (Å²) in [7, 11) is 0. The molecule has 1 aromatic heterocycles. The van der Waals surface area contributed by atoms with Gasteiger partial charge in [-0.1, -0.05) is 23.2 Å². The highest BCUT2D eigenvalue weighted by Gasteiger charge is 2.13. The van der Waals surface area contributed by atoms with Crippen LogP contribution < -0.4 is 5.32 Å². The Morgan fingerprint density at radius 1 is 1.32 bits per heavy atom. The fourth-order valence-corrected chi connectivity index (χ4v) is 2.93. The molecule has 0 bridgehead atoms. The maximum atomic E-state index is 12.2. The monoisotopic (exact) mass is 408 g/mol. The van der Waals surface area contributed by atoms with Gasteiger partial charge in [-0.05, 0) is 53.8 Å². The molecule has 0 spiro atoms. The third kappa shape index (κ3) is 3.43. The van der Waals surface area contributed by atoms with Crippen LogP contribution >= 0.6 is 45.8 Å². The molecule has 0 radical (unpaired) electrons. The lowest BCUT2D eigenvalue weighted by Gasteiger charge is -2.09. The Kier molecular flexibility index (Phi) is 4.76. The summed E-state index contributed by atoms with van der Waals surface area (Å²) in [5, 5.41) is 4.05. The summed E-state index contributed by atoms with van der Waals surface area (Å²) < 4.78 is 2.69. The maximum absolute atomic E-state index is 12.2. The van der Waals surface area contributed by atoms with E-state index in [1.165, 1.54) is 0 Å². The zero-order chi connectivity index (χ0) is 14.0. The molecule has 0 saturated heterocycles. The maximum Gasteiger partial charge on any atom is 0.272 e. The summed E-state index contributed by atoms with van der Waals surface area (Å²) >= 11 is 13.9. The van der Waals surface area contributed by atoms with E-state index in [1.54, 1.807) is 35.0 Å². The van der Waals surface area contributed by atoms with E-state index < -0.39 is 0 Å². The lowest BCUT2D eigenvalue weighted by molar-refractivity contribution is 0.101. The largest absolute Gasteiger partial charge is 0.342 e. The van der Waals surface area contributed by atoms with E-state index in [1.807, 2.05) is 6.92 Å². The van der Waals surface area contributed by atoms with Crippen LogP contribution in [0, 0.1) is 3.57 Å². The number of aryl methyl sites for hydroxylation is 1. The van der Waals surface area contributed by atoms with Crippen LogP contribution in [0.1, 0.15) is 17.4 Å². The van der Waals surface area contributed by atoms with Crippen molar-refractivity contribution in [1.29, 1.82) is 0 Å². The summed E-state index contributed by atoms with van der Waals surface area (Å²) in [6.07, 6.45) is 1.74. The van der Waals surface area contributed by atoms with Gasteiger partial charge in [-0.15, -0.1) is 0 Å². The molecule has 0 aliphatic carbocycles. The number of nitrogens with zero attached hydrogens (tertiary/aromatic N) is 1. The Balaban J connectivity index is 2.25. The topological polar surface area (TPSA) is 34.0 Å². The summed E-state index contributed by atoms with van der Waals surface area (Å²) in [6, 6.07) is 6.97. The van der Waals surface area contributed by atoms with Gasteiger partial charge >= 0.3 is 0 Å². The SMILES string of the molecule is CCn1cc(Cl)cc1C(=O)Nc1ccc(Cl)cc1I. The third-order valence-corrected chi connectivity index (χ3v) is 3.95. The van der Waals surface area contributed by atoms with Gasteiger partial charge in [0.15, 0.2) is 0 Å². The molecule has 3 nitrogen and oxygen atoms in total. The molecule has 19 heavy (non-hydrogen) atoms. The van der Waals surface area contributed by atoms with Crippen LogP contribution in [-0.2, 0) is 6.54 Å². The van der Waals surface area contributed by atoms with Gasteiger partial charge in [-0.3, -0.25) is 4.79 Å². The number of benzene rings is 1. The molecule has 2 aromatic rings. The lowest BCUT2D eigenvalue weighted by Crippen LogP contribution is -2.16. The van der Waals surface area contributed by atoms with Crippen LogP contribution in [0.15, 0.2) is 30.5 Å². The standard InChI is InChI=1S/C13H11Cl2IN2O/c1-2-18-7-9(15)6-12(18)13(19)17-11-4-3-8(14)5-10(11)16/h3-7H,2H2,1H3,(H,17,19). The van der Waals surface area contributed by atoms with Crippen LogP contribution in [-0.4, -0.2) is 10.5 Å². The molecule has 1 amide bonds. The van der Waals surface area contributed by atoms with E-state index in [9.17, 15) is 4.79 Å². The molecule has 0 saturated carbocycles. The molecule has 0 atom stereocenters. The minimum Gasteiger partial charge on any atom is -0.342 e. The van der Waals surface area contributed by atoms with Crippen molar-refractivity contribution in [1.82, 2.24) is 4.57 Å². The molecular formula is C13H11Cl2IN2O. The average molecular weight is 409 g/mol. The molecule has 0 unspecified atom stereocenters. The number of hydrogen-bond acceptors (Lipinski definition) is 1. The van der Waals surface area contributed by atoms with Crippen LogP contribution in [0.5, 0.6) is 0 Å². The number of rotatable bonds is 3. The highest BCUT2D eigenvalue weighted by atomic mass is 127. The number of aromatic nitrogens is 1. The molecule has 100 valence electrons. The predicted molar refractivity (Wildman–Crippen MR) is 87.2 cm³/mol. The molecule has 0 fully saturated rings. The van der Waals surface area contributed by atoms with Gasteiger partial charge in [0.05, 0.1) is 10.7 Å². The van der Waals surface area contributed by atoms with E-state index >= 15 is 0 Å². The first-order valence-corrected chi connectivity index (χ1v) is 7.46. The first-order chi connectivity index (χ1) is 9.01. The van der Waals surface area contributed by atoms with E-state index in [2.05, 4.69) is 27.9 Å². The van der Waals surface area contributed by atoms with Crippen molar-refractivity contribution in [3.8, 4) is 0 Å². The molecule has 2 rings (SSSR count). The number of carbonyl (C=O) groups excluding carboxylic acids is 1. The van der Waals surface area contributed by atoms with Crippen molar-refractivity contribution >= 4 is 57.4 Å². The molecule has 0 aliphatic rings. The Morgan fingerprint density at radius 2 is 2.05 bits per heavy atom. The van der Waals surface area contributed by atoms with Gasteiger partial charge in [0.1, 0.15) is 5.69 Å². The first-order valence-electron chi connectivity index (χ1n) is 5.63. The van der Waals surface area contributed by atoms with E-state index in [-0.39, 0.29) is 5.91 Å². The van der Waals surface area contributed by atoms with Crippen LogP contribution in [0.25, 0.3) is 0 Å². The Hall–Kier alpha value is -0.720. The van der Waals surface area contributed by atoms with Crippen LogP contribution in [0.4, 0.5) is 5.69 Å². The van der Waals surface area contributed by atoms with E-state index in [4.69, 9.17) is 23.2 Å². The van der Waals surface area contributed by atoms with Crippen LogP contribution in [0.3, 0.4) is 0 Å². The van der Waals surface area contributed by atoms with Crippen LogP contribution in [0.2, 0.25) is 10.0 Å². The highest BCUT2D eigenvalue weighted by molar-refractivity contribution is 14.1. The minimum absolute atomic E-state index is 0.186. The second-order valence-corrected chi connectivity index (χ2v) is 5.94. The summed E-state index contributed by atoms with van der Waals surface area (Å²) in [5.41, 5.74) is 1.27. The zero-order valence-electron chi connectivity index (χ0n) is 10.1. The first kappa shape index (κ1) is 14.7. The number of hydrogen-bond donors (Lipinski definition) is 1. The molecular weight excluding hydrogens is 398 g/mol. The highest BCUT2D eigenvalue weighted by Crippen LogP contribution is 2.23. The second kappa shape index (κ2) is 6.15. The number of nitrogens with one attached hydrogen (secondary N) is 1. The Labute approximate surface area is 135 Å². The van der Waals surface area contributed by atoms with Gasteiger partial charge in [0.2, 0.25) is 0 Å². The van der Waals surface area contributed by atoms with Crippen molar-refractivity contribution in [2.24, 2.45) is 0 Å². The van der Waals surface area contributed by atoms with Crippen molar-refractivity contribution in [3.63, 3.8) is 0 Å². The van der Waals surface area contributed by atoms with Gasteiger partial charge < -0.3 is 9.88 Å². The number of halogens is 3. The van der Waals surface area contributed by atoms with Crippen molar-refractivity contribution in [2.75, 3.05) is 5.32 Å². The smallest absolute Gasteiger partial charge is 0.272 e. The van der Waals surface area contributed by atoms with E-state index in [0.29, 0.717) is 22.3 Å². The number of anilines is 1. The minimum atomic E-state index is -0.186. The normalized spacial score (nSPS) is 10.5. The fraction of sp³-hybridized carbons (Fsp3) is 0.154. The lowest BCUT2D eigenvalue weighted by atomic mass is 10.3. The van der Waals surface area contributed by atoms with Crippen molar-refractivity contribution in [2.45, 2.75) is 13.5 Å².